The molecule has 29 heavy (non-hydrogen) atoms. The summed E-state index contributed by atoms with van der Waals surface area (Å²) in [7, 11) is 3.41. The van der Waals surface area contributed by atoms with Crippen LogP contribution in [0.15, 0.2) is 42.5 Å². The average Bonchev–Trinajstić information content (AvgIpc) is 3.20. The van der Waals surface area contributed by atoms with Crippen molar-refractivity contribution in [2.24, 2.45) is 7.05 Å². The Balaban J connectivity index is 1.47. The van der Waals surface area contributed by atoms with Crippen molar-refractivity contribution >= 4 is 22.8 Å². The highest BCUT2D eigenvalue weighted by Gasteiger charge is 2.48. The molecule has 0 bridgehead atoms. The van der Waals surface area contributed by atoms with Gasteiger partial charge >= 0.3 is 5.97 Å². The van der Waals surface area contributed by atoms with Gasteiger partial charge in [-0.3, -0.25) is 4.79 Å². The first-order valence-electron chi connectivity index (χ1n) is 9.65. The van der Waals surface area contributed by atoms with Crippen molar-refractivity contribution in [3.63, 3.8) is 0 Å². The van der Waals surface area contributed by atoms with Crippen LogP contribution in [0.5, 0.6) is 5.88 Å². The molecule has 3 heterocycles. The van der Waals surface area contributed by atoms with Crippen molar-refractivity contribution in [1.82, 2.24) is 14.7 Å². The number of aryl methyl sites for hydroxylation is 1. The van der Waals surface area contributed by atoms with Crippen molar-refractivity contribution in [2.75, 3.05) is 20.2 Å². The molecule has 0 radical (unpaired) electrons. The molecule has 1 unspecified atom stereocenters. The van der Waals surface area contributed by atoms with Crippen LogP contribution in [0.4, 0.5) is 0 Å². The van der Waals surface area contributed by atoms with Crippen LogP contribution < -0.4 is 4.74 Å². The topological polar surface area (TPSA) is 73.7 Å². The number of piperidine rings is 1. The number of benzene rings is 2. The monoisotopic (exact) mass is 391 g/mol. The molecule has 3 aromatic rings. The van der Waals surface area contributed by atoms with Gasteiger partial charge in [-0.25, -0.2) is 9.48 Å². The van der Waals surface area contributed by atoms with Gasteiger partial charge in [0, 0.05) is 24.7 Å². The number of aromatic nitrogens is 2. The number of hydrogen-bond donors (Lipinski definition) is 0. The van der Waals surface area contributed by atoms with Crippen LogP contribution in [0.1, 0.15) is 39.1 Å². The van der Waals surface area contributed by atoms with E-state index in [1.807, 2.05) is 24.3 Å². The predicted octanol–water partition coefficient (Wildman–Crippen LogP) is 2.88. The van der Waals surface area contributed by atoms with Gasteiger partial charge in [-0.05, 0) is 37.1 Å². The summed E-state index contributed by atoms with van der Waals surface area (Å²) in [6, 6.07) is 12.9. The van der Waals surface area contributed by atoms with Crippen LogP contribution in [-0.2, 0) is 17.4 Å². The molecule has 7 nitrogen and oxygen atoms in total. The van der Waals surface area contributed by atoms with Crippen LogP contribution in [0.2, 0.25) is 0 Å². The Morgan fingerprint density at radius 2 is 2.07 bits per heavy atom. The largest absolute Gasteiger partial charge is 0.481 e. The summed E-state index contributed by atoms with van der Waals surface area (Å²) in [4.78, 5) is 27.4. The van der Waals surface area contributed by atoms with Gasteiger partial charge in [0.15, 0.2) is 5.60 Å². The van der Waals surface area contributed by atoms with Crippen LogP contribution in [0, 0.1) is 0 Å². The minimum atomic E-state index is -0.750. The second-order valence-corrected chi connectivity index (χ2v) is 7.62. The molecule has 148 valence electrons. The fourth-order valence-electron chi connectivity index (χ4n) is 4.58. The van der Waals surface area contributed by atoms with Crippen LogP contribution >= 0.6 is 0 Å². The smallest absolute Gasteiger partial charge is 0.339 e. The van der Waals surface area contributed by atoms with E-state index in [9.17, 15) is 9.59 Å². The maximum Gasteiger partial charge on any atom is 0.339 e. The first kappa shape index (κ1) is 17.7. The molecule has 2 aromatic carbocycles. The van der Waals surface area contributed by atoms with E-state index in [4.69, 9.17) is 9.47 Å². The lowest BCUT2D eigenvalue weighted by Crippen LogP contribution is -2.48. The summed E-state index contributed by atoms with van der Waals surface area (Å²) < 4.78 is 12.9. The lowest BCUT2D eigenvalue weighted by Gasteiger charge is -2.39. The van der Waals surface area contributed by atoms with Crippen molar-refractivity contribution in [2.45, 2.75) is 18.4 Å². The Morgan fingerprint density at radius 3 is 2.90 bits per heavy atom. The highest BCUT2D eigenvalue weighted by Crippen LogP contribution is 2.43. The first-order chi connectivity index (χ1) is 14.0. The van der Waals surface area contributed by atoms with Gasteiger partial charge in [0.1, 0.15) is 0 Å². The minimum absolute atomic E-state index is 0.0870. The molecule has 7 heteroatoms. The molecule has 5 rings (SSSR count). The van der Waals surface area contributed by atoms with E-state index in [0.717, 1.165) is 23.8 Å². The van der Waals surface area contributed by atoms with Crippen molar-refractivity contribution in [1.29, 1.82) is 0 Å². The van der Waals surface area contributed by atoms with Gasteiger partial charge in [0.2, 0.25) is 5.88 Å². The molecule has 1 atom stereocenters. The third kappa shape index (κ3) is 2.61. The highest BCUT2D eigenvalue weighted by molar-refractivity contribution is 5.99. The number of nitrogens with zero attached hydrogens (tertiary/aromatic N) is 3. The van der Waals surface area contributed by atoms with E-state index in [-0.39, 0.29) is 11.9 Å². The highest BCUT2D eigenvalue weighted by atomic mass is 16.6. The van der Waals surface area contributed by atoms with Gasteiger partial charge in [0.25, 0.3) is 5.91 Å². The average molecular weight is 391 g/mol. The molecule has 1 aromatic heterocycles. The number of esters is 1. The Bertz CT molecular complexity index is 1150. The van der Waals surface area contributed by atoms with E-state index in [2.05, 4.69) is 5.10 Å². The van der Waals surface area contributed by atoms with Gasteiger partial charge in [-0.15, -0.1) is 0 Å². The number of hydrogen-bond acceptors (Lipinski definition) is 5. The third-order valence-corrected chi connectivity index (χ3v) is 5.89. The zero-order valence-electron chi connectivity index (χ0n) is 16.3. The SMILES string of the molecule is COc1c2ccc(C(=O)N3CCCC4(C3)OC(=O)c3ccccc34)cc2nn1C. The Hall–Kier alpha value is -3.35. The van der Waals surface area contributed by atoms with Crippen molar-refractivity contribution in [3.8, 4) is 5.88 Å². The number of carbonyl (C=O) groups is 2. The Labute approximate surface area is 167 Å². The second-order valence-electron chi connectivity index (χ2n) is 7.62. The number of methoxy groups -OCH3 is 1. The molecule has 0 saturated carbocycles. The summed E-state index contributed by atoms with van der Waals surface area (Å²) >= 11 is 0. The molecule has 1 fully saturated rings. The van der Waals surface area contributed by atoms with E-state index < -0.39 is 5.60 Å². The number of likely N-dealkylation sites (tertiary alicyclic amines) is 1. The summed E-state index contributed by atoms with van der Waals surface area (Å²) in [5.41, 5.74) is 2.00. The summed E-state index contributed by atoms with van der Waals surface area (Å²) in [6.45, 7) is 0.988. The number of ether oxygens (including phenoxy) is 2. The summed E-state index contributed by atoms with van der Waals surface area (Å²) in [5.74, 6) is 0.262. The lowest BCUT2D eigenvalue weighted by atomic mass is 9.85. The molecule has 0 aliphatic carbocycles. The lowest BCUT2D eigenvalue weighted by molar-refractivity contribution is -0.0442. The number of fused-ring (bicyclic) bond motifs is 3. The molecular formula is C22H21N3O4. The molecule has 2 aliphatic heterocycles. The zero-order valence-corrected chi connectivity index (χ0v) is 16.3. The molecular weight excluding hydrogens is 370 g/mol. The Morgan fingerprint density at radius 1 is 1.24 bits per heavy atom. The number of amides is 1. The van der Waals surface area contributed by atoms with Crippen molar-refractivity contribution in [3.05, 3.63) is 59.2 Å². The predicted molar refractivity (Wildman–Crippen MR) is 106 cm³/mol. The maximum absolute atomic E-state index is 13.3. The van der Waals surface area contributed by atoms with Crippen LogP contribution in [0.25, 0.3) is 10.9 Å². The van der Waals surface area contributed by atoms with E-state index in [0.29, 0.717) is 35.6 Å². The van der Waals surface area contributed by atoms with E-state index in [1.54, 1.807) is 41.9 Å². The summed E-state index contributed by atoms with van der Waals surface area (Å²) in [5, 5.41) is 5.30. The van der Waals surface area contributed by atoms with E-state index in [1.165, 1.54) is 0 Å². The Kier molecular flexibility index (Phi) is 3.87. The van der Waals surface area contributed by atoms with E-state index >= 15 is 0 Å². The molecule has 2 aliphatic rings. The zero-order chi connectivity index (χ0) is 20.2. The normalized spacial score (nSPS) is 20.8. The fourth-order valence-corrected chi connectivity index (χ4v) is 4.58. The third-order valence-electron chi connectivity index (χ3n) is 5.89. The van der Waals surface area contributed by atoms with Crippen molar-refractivity contribution < 1.29 is 19.1 Å². The molecule has 1 amide bonds. The molecule has 0 N–H and O–H groups in total. The standard InChI is InChI=1S/C22H21N3O4/c1-24-20(28-2)16-9-8-14(12-18(16)23-24)19(26)25-11-5-10-22(13-25)17-7-4-3-6-15(17)21(27)29-22/h3-4,6-9,12H,5,10-11,13H2,1-2H3. The van der Waals surface area contributed by atoms with Gasteiger partial charge in [-0.2, -0.15) is 5.10 Å². The maximum atomic E-state index is 13.3. The van der Waals surface area contributed by atoms with Gasteiger partial charge in [-0.1, -0.05) is 18.2 Å². The van der Waals surface area contributed by atoms with Gasteiger partial charge < -0.3 is 14.4 Å². The quantitative estimate of drug-likeness (QED) is 0.628. The first-order valence-corrected chi connectivity index (χ1v) is 9.65. The second kappa shape index (κ2) is 6.34. The molecule has 1 spiro atoms. The summed E-state index contributed by atoms with van der Waals surface area (Å²) in [6.07, 6.45) is 1.49. The number of carbonyl (C=O) groups excluding carboxylic acids is 2. The number of rotatable bonds is 2. The van der Waals surface area contributed by atoms with Crippen LogP contribution in [-0.4, -0.2) is 46.8 Å². The minimum Gasteiger partial charge on any atom is -0.481 e. The van der Waals surface area contributed by atoms with Crippen LogP contribution in [0.3, 0.4) is 0 Å². The fraction of sp³-hybridized carbons (Fsp3) is 0.318. The molecule has 1 saturated heterocycles. The van der Waals surface area contributed by atoms with Gasteiger partial charge in [0.05, 0.1) is 30.1 Å².